The zero-order chi connectivity index (χ0) is 13.1. The molecule has 0 bridgehead atoms. The fraction of sp³-hybridized carbons (Fsp3) is 0.375. The van der Waals surface area contributed by atoms with Gasteiger partial charge in [-0.3, -0.25) is 4.79 Å². The summed E-state index contributed by atoms with van der Waals surface area (Å²) < 4.78 is 31.6. The first kappa shape index (κ1) is 15.1. The highest BCUT2D eigenvalue weighted by Gasteiger charge is 2.21. The van der Waals surface area contributed by atoms with Gasteiger partial charge in [0.2, 0.25) is 10.0 Å². The predicted molar refractivity (Wildman–Crippen MR) is 71.5 cm³/mol. The Morgan fingerprint density at radius 1 is 1.53 bits per heavy atom. The highest BCUT2D eigenvalue weighted by atomic mass is 79.9. The lowest BCUT2D eigenvalue weighted by Crippen LogP contribution is -2.30. The van der Waals surface area contributed by atoms with Crippen molar-refractivity contribution in [1.29, 1.82) is 0 Å². The number of carbonyl (C=O) groups excluding carboxylic acids is 1. The Bertz CT molecular complexity index is 512. The van der Waals surface area contributed by atoms with E-state index >= 15 is 0 Å². The van der Waals surface area contributed by atoms with Crippen molar-refractivity contribution in [3.63, 3.8) is 0 Å². The number of rotatable bonds is 5. The maximum absolute atomic E-state index is 11.8. The first-order chi connectivity index (χ1) is 7.86. The first-order valence-electron chi connectivity index (χ1n) is 4.47. The average Bonchev–Trinajstić information content (AvgIpc) is 2.56. The van der Waals surface area contributed by atoms with Gasteiger partial charge in [-0.2, -0.15) is 4.72 Å². The van der Waals surface area contributed by atoms with Crippen LogP contribution in [0.25, 0.3) is 0 Å². The molecule has 0 aromatic carbocycles. The van der Waals surface area contributed by atoms with Gasteiger partial charge in [0.1, 0.15) is 11.4 Å². The number of hydrogen-bond donors (Lipinski definition) is 1. The zero-order valence-electron chi connectivity index (χ0n) is 8.70. The molecule has 0 amide bonds. The molecule has 1 aromatic rings. The van der Waals surface area contributed by atoms with Gasteiger partial charge in [-0.1, -0.05) is 0 Å². The van der Waals surface area contributed by atoms with Crippen LogP contribution >= 0.6 is 43.2 Å². The summed E-state index contributed by atoms with van der Waals surface area (Å²) in [6, 6.07) is 1.46. The molecule has 1 N–H and O–H groups in total. The van der Waals surface area contributed by atoms with Crippen molar-refractivity contribution in [2.75, 3.05) is 13.2 Å². The van der Waals surface area contributed by atoms with Gasteiger partial charge in [0.05, 0.1) is 14.2 Å². The Balaban J connectivity index is 2.76. The molecule has 1 rings (SSSR count). The van der Waals surface area contributed by atoms with Crippen LogP contribution in [0.15, 0.2) is 18.5 Å². The molecule has 0 aliphatic carbocycles. The fourth-order valence-corrected chi connectivity index (χ4v) is 5.73. The van der Waals surface area contributed by atoms with Gasteiger partial charge < -0.3 is 4.74 Å². The van der Waals surface area contributed by atoms with Crippen molar-refractivity contribution in [3.8, 4) is 0 Å². The summed E-state index contributed by atoms with van der Waals surface area (Å²) >= 11 is 7.57. The molecule has 0 fully saturated rings. The number of ether oxygens (including phenoxy) is 1. The quantitative estimate of drug-likeness (QED) is 0.760. The molecular weight excluding hydrogens is 398 g/mol. The Morgan fingerprint density at radius 2 is 2.18 bits per heavy atom. The van der Waals surface area contributed by atoms with Gasteiger partial charge >= 0.3 is 5.97 Å². The van der Waals surface area contributed by atoms with E-state index in [2.05, 4.69) is 41.3 Å². The van der Waals surface area contributed by atoms with Crippen molar-refractivity contribution in [2.24, 2.45) is 0 Å². The van der Waals surface area contributed by atoms with Gasteiger partial charge in [0.25, 0.3) is 0 Å². The lowest BCUT2D eigenvalue weighted by Gasteiger charge is -2.05. The van der Waals surface area contributed by atoms with Gasteiger partial charge in [-0.25, -0.2) is 8.42 Å². The van der Waals surface area contributed by atoms with Crippen LogP contribution in [0, 0.1) is 0 Å². The largest absolute Gasteiger partial charge is 0.465 e. The first-order valence-corrected chi connectivity index (χ1v) is 8.35. The van der Waals surface area contributed by atoms with Crippen LogP contribution in [0.1, 0.15) is 6.92 Å². The van der Waals surface area contributed by atoms with Crippen molar-refractivity contribution in [3.05, 3.63) is 13.6 Å². The predicted octanol–water partition coefficient (Wildman–Crippen LogP) is 2.11. The summed E-state index contributed by atoms with van der Waals surface area (Å²) in [6.45, 7) is 1.49. The Kier molecular flexibility index (Phi) is 5.58. The maximum Gasteiger partial charge on any atom is 0.321 e. The van der Waals surface area contributed by atoms with Crippen LogP contribution < -0.4 is 4.72 Å². The van der Waals surface area contributed by atoms with Gasteiger partial charge in [-0.15, -0.1) is 11.3 Å². The molecule has 17 heavy (non-hydrogen) atoms. The molecule has 0 saturated carbocycles. The molecule has 0 unspecified atom stereocenters. The third-order valence-electron chi connectivity index (χ3n) is 1.63. The zero-order valence-corrected chi connectivity index (χ0v) is 13.5. The lowest BCUT2D eigenvalue weighted by atomic mass is 10.7. The minimum Gasteiger partial charge on any atom is -0.465 e. The SMILES string of the molecule is CCOC(=O)CNS(=O)(=O)c1cc(Br)sc1Br. The van der Waals surface area contributed by atoms with Crippen molar-refractivity contribution in [1.82, 2.24) is 4.72 Å². The molecule has 1 aromatic heterocycles. The fourth-order valence-electron chi connectivity index (χ4n) is 0.952. The van der Waals surface area contributed by atoms with Crippen LogP contribution in [-0.4, -0.2) is 27.5 Å². The van der Waals surface area contributed by atoms with Gasteiger partial charge in [0, 0.05) is 0 Å². The lowest BCUT2D eigenvalue weighted by molar-refractivity contribution is -0.141. The van der Waals surface area contributed by atoms with Crippen molar-refractivity contribution >= 4 is 59.2 Å². The molecule has 0 aliphatic heterocycles. The smallest absolute Gasteiger partial charge is 0.321 e. The Hall–Kier alpha value is 0.0400. The second-order valence-electron chi connectivity index (χ2n) is 2.82. The molecule has 9 heteroatoms. The number of nitrogens with one attached hydrogen (secondary N) is 1. The van der Waals surface area contributed by atoms with Crippen molar-refractivity contribution < 1.29 is 17.9 Å². The number of sulfonamides is 1. The third kappa shape index (κ3) is 4.32. The topological polar surface area (TPSA) is 72.5 Å². The second-order valence-corrected chi connectivity index (χ2v) is 8.30. The van der Waals surface area contributed by atoms with Crippen molar-refractivity contribution in [2.45, 2.75) is 11.8 Å². The minimum absolute atomic E-state index is 0.0960. The minimum atomic E-state index is -3.70. The van der Waals surface area contributed by atoms with Crippen LogP contribution in [-0.2, 0) is 19.6 Å². The number of hydrogen-bond acceptors (Lipinski definition) is 5. The molecular formula is C8H9Br2NO4S2. The number of carbonyl (C=O) groups is 1. The molecule has 0 spiro atoms. The van der Waals surface area contributed by atoms with E-state index in [1.165, 1.54) is 17.4 Å². The molecule has 0 radical (unpaired) electrons. The summed E-state index contributed by atoms with van der Waals surface area (Å²) in [4.78, 5) is 11.1. The van der Waals surface area contributed by atoms with E-state index in [-0.39, 0.29) is 18.0 Å². The molecule has 5 nitrogen and oxygen atoms in total. The van der Waals surface area contributed by atoms with E-state index < -0.39 is 16.0 Å². The summed E-state index contributed by atoms with van der Waals surface area (Å²) in [6.07, 6.45) is 0. The Morgan fingerprint density at radius 3 is 2.65 bits per heavy atom. The molecule has 0 saturated heterocycles. The number of esters is 1. The van der Waals surface area contributed by atoms with Crippen LogP contribution in [0.4, 0.5) is 0 Å². The summed E-state index contributed by atoms with van der Waals surface area (Å²) in [5, 5.41) is 0. The van der Waals surface area contributed by atoms with E-state index in [1.54, 1.807) is 6.92 Å². The monoisotopic (exact) mass is 405 g/mol. The molecule has 0 aliphatic rings. The standard InChI is InChI=1S/C8H9Br2NO4S2/c1-2-15-7(12)4-11-17(13,14)5-3-6(9)16-8(5)10/h3,11H,2,4H2,1H3. The summed E-state index contributed by atoms with van der Waals surface area (Å²) in [5.74, 6) is -0.610. The third-order valence-corrected chi connectivity index (χ3v) is 5.78. The average molecular weight is 407 g/mol. The van der Waals surface area contributed by atoms with Crippen LogP contribution in [0.2, 0.25) is 0 Å². The molecule has 0 atom stereocenters. The number of halogens is 2. The van der Waals surface area contributed by atoms with E-state index in [0.717, 1.165) is 0 Å². The van der Waals surface area contributed by atoms with E-state index in [4.69, 9.17) is 0 Å². The Labute approximate surface area is 120 Å². The second kappa shape index (κ2) is 6.28. The highest BCUT2D eigenvalue weighted by Crippen LogP contribution is 2.34. The highest BCUT2D eigenvalue weighted by molar-refractivity contribution is 9.12. The number of thiophene rings is 1. The molecule has 1 heterocycles. The maximum atomic E-state index is 11.8. The van der Waals surface area contributed by atoms with Crippen LogP contribution in [0.5, 0.6) is 0 Å². The molecule has 96 valence electrons. The van der Waals surface area contributed by atoms with Crippen LogP contribution in [0.3, 0.4) is 0 Å². The van der Waals surface area contributed by atoms with E-state index in [9.17, 15) is 13.2 Å². The van der Waals surface area contributed by atoms with Gasteiger partial charge in [0.15, 0.2) is 0 Å². The summed E-state index contributed by atoms with van der Waals surface area (Å²) in [5.41, 5.74) is 0. The normalized spacial score (nSPS) is 11.5. The van der Waals surface area contributed by atoms with E-state index in [1.807, 2.05) is 0 Å². The summed E-state index contributed by atoms with van der Waals surface area (Å²) in [7, 11) is -3.70. The van der Waals surface area contributed by atoms with E-state index in [0.29, 0.717) is 7.57 Å². The van der Waals surface area contributed by atoms with Gasteiger partial charge in [-0.05, 0) is 44.8 Å².